The zero-order valence-corrected chi connectivity index (χ0v) is 16.2. The van der Waals surface area contributed by atoms with Crippen molar-refractivity contribution in [1.29, 1.82) is 0 Å². The molecular formula is C21H22F3N3S. The molecule has 2 aliphatic rings. The van der Waals surface area contributed by atoms with Gasteiger partial charge in [0.25, 0.3) is 0 Å². The fourth-order valence-electron chi connectivity index (χ4n) is 4.03. The number of rotatable bonds is 2. The average Bonchev–Trinajstić information content (AvgIpc) is 3.12. The number of nitrogens with one attached hydrogen (secondary N) is 1. The second-order valence-corrected chi connectivity index (χ2v) is 7.75. The van der Waals surface area contributed by atoms with E-state index >= 15 is 0 Å². The third-order valence-electron chi connectivity index (χ3n) is 5.61. The average molecular weight is 405 g/mol. The van der Waals surface area contributed by atoms with Crippen molar-refractivity contribution in [2.24, 2.45) is 0 Å². The molecule has 3 nitrogen and oxygen atoms in total. The first-order valence-electron chi connectivity index (χ1n) is 9.44. The lowest BCUT2D eigenvalue weighted by molar-refractivity contribution is -0.137. The van der Waals surface area contributed by atoms with Crippen molar-refractivity contribution in [2.75, 3.05) is 31.5 Å². The lowest BCUT2D eigenvalue weighted by Crippen LogP contribution is -2.53. The molecule has 1 N–H and O–H groups in total. The number of piperazine rings is 1. The van der Waals surface area contributed by atoms with Crippen molar-refractivity contribution in [3.8, 4) is 0 Å². The van der Waals surface area contributed by atoms with E-state index in [1.54, 1.807) is 0 Å². The maximum Gasteiger partial charge on any atom is 0.416 e. The number of fused-ring (bicyclic) bond motifs is 1. The van der Waals surface area contributed by atoms with E-state index < -0.39 is 11.7 Å². The second kappa shape index (κ2) is 7.72. The predicted octanol–water partition coefficient (Wildman–Crippen LogP) is 4.19. The molecule has 0 unspecified atom stereocenters. The normalized spacial score (nSPS) is 18.2. The molecule has 1 heterocycles. The molecule has 2 aromatic carbocycles. The zero-order chi connectivity index (χ0) is 19.7. The van der Waals surface area contributed by atoms with Crippen molar-refractivity contribution < 1.29 is 13.2 Å². The van der Waals surface area contributed by atoms with Gasteiger partial charge in [0.05, 0.1) is 5.56 Å². The van der Waals surface area contributed by atoms with E-state index in [1.165, 1.54) is 23.3 Å². The molecule has 4 rings (SSSR count). The van der Waals surface area contributed by atoms with Crippen molar-refractivity contribution in [2.45, 2.75) is 25.1 Å². The van der Waals surface area contributed by atoms with Gasteiger partial charge in [-0.05, 0) is 60.5 Å². The van der Waals surface area contributed by atoms with Crippen LogP contribution >= 0.6 is 12.2 Å². The first-order valence-corrected chi connectivity index (χ1v) is 9.85. The van der Waals surface area contributed by atoms with Crippen LogP contribution < -0.4 is 5.32 Å². The summed E-state index contributed by atoms with van der Waals surface area (Å²) < 4.78 is 38.0. The van der Waals surface area contributed by atoms with Crippen LogP contribution in [0.3, 0.4) is 0 Å². The number of hydrogen-bond acceptors (Lipinski definition) is 2. The molecule has 0 aromatic heterocycles. The largest absolute Gasteiger partial charge is 0.416 e. The molecule has 28 heavy (non-hydrogen) atoms. The van der Waals surface area contributed by atoms with Gasteiger partial charge >= 0.3 is 6.18 Å². The van der Waals surface area contributed by atoms with Crippen LogP contribution in [0.2, 0.25) is 0 Å². The highest BCUT2D eigenvalue weighted by Gasteiger charge is 2.31. The molecule has 1 fully saturated rings. The molecule has 0 amide bonds. The van der Waals surface area contributed by atoms with Crippen LogP contribution in [-0.2, 0) is 19.0 Å². The highest BCUT2D eigenvalue weighted by Crippen LogP contribution is 2.30. The van der Waals surface area contributed by atoms with Gasteiger partial charge in [-0.2, -0.15) is 13.2 Å². The van der Waals surface area contributed by atoms with E-state index in [-0.39, 0.29) is 0 Å². The van der Waals surface area contributed by atoms with Gasteiger partial charge in [0.2, 0.25) is 0 Å². The number of anilines is 1. The van der Waals surface area contributed by atoms with Gasteiger partial charge in [-0.15, -0.1) is 0 Å². The summed E-state index contributed by atoms with van der Waals surface area (Å²) in [5.41, 5.74) is 2.82. The second-order valence-electron chi connectivity index (χ2n) is 7.36. The molecule has 1 saturated heterocycles. The van der Waals surface area contributed by atoms with E-state index in [4.69, 9.17) is 12.2 Å². The van der Waals surface area contributed by atoms with Crippen molar-refractivity contribution in [3.05, 3.63) is 65.2 Å². The third-order valence-corrected chi connectivity index (χ3v) is 5.97. The Labute approximate surface area is 168 Å². The molecule has 148 valence electrons. The first-order chi connectivity index (χ1) is 13.4. The van der Waals surface area contributed by atoms with E-state index in [0.29, 0.717) is 16.8 Å². The topological polar surface area (TPSA) is 18.5 Å². The van der Waals surface area contributed by atoms with Crippen LogP contribution in [0.15, 0.2) is 48.5 Å². The van der Waals surface area contributed by atoms with Crippen LogP contribution in [0.25, 0.3) is 0 Å². The first kappa shape index (κ1) is 19.2. The van der Waals surface area contributed by atoms with E-state index in [1.807, 2.05) is 0 Å². The number of thiocarbonyl (C=S) groups is 1. The fraction of sp³-hybridized carbons (Fsp3) is 0.381. The molecule has 0 bridgehead atoms. The summed E-state index contributed by atoms with van der Waals surface area (Å²) in [4.78, 5) is 4.61. The van der Waals surface area contributed by atoms with Gasteiger partial charge in [-0.1, -0.05) is 24.3 Å². The minimum absolute atomic E-state index is 0.552. The van der Waals surface area contributed by atoms with E-state index in [9.17, 15) is 13.2 Å². The molecular weight excluding hydrogens is 383 g/mol. The molecule has 1 aliphatic carbocycles. The highest BCUT2D eigenvalue weighted by atomic mass is 32.1. The molecule has 0 spiro atoms. The predicted molar refractivity (Wildman–Crippen MR) is 108 cm³/mol. The maximum atomic E-state index is 12.7. The van der Waals surface area contributed by atoms with Crippen LogP contribution in [0.4, 0.5) is 18.9 Å². The molecule has 0 saturated carbocycles. The Morgan fingerprint density at radius 1 is 0.893 bits per heavy atom. The monoisotopic (exact) mass is 405 g/mol. The zero-order valence-electron chi connectivity index (χ0n) is 15.4. The highest BCUT2D eigenvalue weighted by molar-refractivity contribution is 7.80. The van der Waals surface area contributed by atoms with Crippen LogP contribution in [0, 0.1) is 0 Å². The minimum Gasteiger partial charge on any atom is -0.346 e. The Bertz CT molecular complexity index is 818. The summed E-state index contributed by atoms with van der Waals surface area (Å²) >= 11 is 5.47. The van der Waals surface area contributed by atoms with Crippen molar-refractivity contribution in [1.82, 2.24) is 9.80 Å². The van der Waals surface area contributed by atoms with Gasteiger partial charge in [0.1, 0.15) is 0 Å². The van der Waals surface area contributed by atoms with E-state index in [2.05, 4.69) is 39.4 Å². The van der Waals surface area contributed by atoms with Gasteiger partial charge in [0, 0.05) is 37.9 Å². The summed E-state index contributed by atoms with van der Waals surface area (Å²) in [7, 11) is 0. The number of alkyl halides is 3. The Kier molecular flexibility index (Phi) is 5.29. The lowest BCUT2D eigenvalue weighted by atomic mass is 10.1. The smallest absolute Gasteiger partial charge is 0.346 e. The lowest BCUT2D eigenvalue weighted by Gasteiger charge is -2.39. The molecule has 2 aromatic rings. The molecule has 0 radical (unpaired) electrons. The Hall–Kier alpha value is -2.12. The van der Waals surface area contributed by atoms with Gasteiger partial charge in [-0.3, -0.25) is 4.90 Å². The quantitative estimate of drug-likeness (QED) is 0.755. The fourth-order valence-corrected chi connectivity index (χ4v) is 4.33. The van der Waals surface area contributed by atoms with Gasteiger partial charge in [0.15, 0.2) is 5.11 Å². The van der Waals surface area contributed by atoms with Crippen LogP contribution in [-0.4, -0.2) is 47.1 Å². The maximum absolute atomic E-state index is 12.7. The minimum atomic E-state index is -4.32. The summed E-state index contributed by atoms with van der Waals surface area (Å²) in [5.74, 6) is 0. The summed E-state index contributed by atoms with van der Waals surface area (Å²) in [5, 5.41) is 3.62. The Balaban J connectivity index is 1.29. The van der Waals surface area contributed by atoms with Gasteiger partial charge in [-0.25, -0.2) is 0 Å². The molecule has 7 heteroatoms. The van der Waals surface area contributed by atoms with E-state index in [0.717, 1.165) is 51.2 Å². The SMILES string of the molecule is FC(F)(F)c1ccc(NC(=S)N2CCN(C3Cc4ccccc4C3)CC2)cc1. The Morgan fingerprint density at radius 2 is 1.46 bits per heavy atom. The van der Waals surface area contributed by atoms with Crippen LogP contribution in [0.5, 0.6) is 0 Å². The molecule has 1 aliphatic heterocycles. The Morgan fingerprint density at radius 3 is 2.00 bits per heavy atom. The van der Waals surface area contributed by atoms with Crippen LogP contribution in [0.1, 0.15) is 16.7 Å². The van der Waals surface area contributed by atoms with Gasteiger partial charge < -0.3 is 10.2 Å². The number of nitrogens with zero attached hydrogens (tertiary/aromatic N) is 2. The number of halogens is 3. The summed E-state index contributed by atoms with van der Waals surface area (Å²) in [6.45, 7) is 3.51. The summed E-state index contributed by atoms with van der Waals surface area (Å²) in [6, 6.07) is 14.2. The number of hydrogen-bond donors (Lipinski definition) is 1. The third kappa shape index (κ3) is 4.15. The van der Waals surface area contributed by atoms with Crippen molar-refractivity contribution >= 4 is 23.0 Å². The number of benzene rings is 2. The molecule has 0 atom stereocenters. The standard InChI is InChI=1S/C21H22F3N3S/c22-21(23,24)17-5-7-18(8-6-17)25-20(28)27-11-9-26(10-12-27)19-13-15-3-1-2-4-16(15)14-19/h1-8,19H,9-14H2,(H,25,28). The van der Waals surface area contributed by atoms with Crippen molar-refractivity contribution in [3.63, 3.8) is 0 Å². The summed E-state index contributed by atoms with van der Waals surface area (Å²) in [6.07, 6.45) is -2.12.